The number of anilines is 1. The van der Waals surface area contributed by atoms with Crippen molar-refractivity contribution in [3.63, 3.8) is 0 Å². The van der Waals surface area contributed by atoms with Gasteiger partial charge in [-0.25, -0.2) is 14.4 Å². The van der Waals surface area contributed by atoms with E-state index in [-0.39, 0.29) is 23.4 Å². The SMILES string of the molecule is COC(=O)c1cc(NC(=O)N(C)CC(C)C(=O)O)cc(C(=O)OC)c1. The van der Waals surface area contributed by atoms with Crippen LogP contribution < -0.4 is 5.32 Å². The summed E-state index contributed by atoms with van der Waals surface area (Å²) in [5.74, 6) is -3.15. The molecule has 136 valence electrons. The van der Waals surface area contributed by atoms with Crippen LogP contribution >= 0.6 is 0 Å². The third-order valence-corrected chi connectivity index (χ3v) is 3.34. The Morgan fingerprint density at radius 3 is 1.96 bits per heavy atom. The lowest BCUT2D eigenvalue weighted by Crippen LogP contribution is -2.36. The number of carboxylic acid groups (broad SMARTS) is 1. The van der Waals surface area contributed by atoms with Gasteiger partial charge in [-0.05, 0) is 18.2 Å². The molecule has 0 fully saturated rings. The Bertz CT molecular complexity index is 653. The zero-order valence-corrected chi connectivity index (χ0v) is 14.4. The molecule has 0 aliphatic rings. The lowest BCUT2D eigenvalue weighted by Gasteiger charge is -2.20. The predicted octanol–water partition coefficient (Wildman–Crippen LogP) is 1.44. The number of nitrogens with one attached hydrogen (secondary N) is 1. The highest BCUT2D eigenvalue weighted by molar-refractivity contribution is 5.99. The Kier molecular flexibility index (Phi) is 6.92. The number of carboxylic acids is 1. The van der Waals surface area contributed by atoms with Crippen molar-refractivity contribution in [3.05, 3.63) is 29.3 Å². The first-order valence-electron chi connectivity index (χ1n) is 7.26. The van der Waals surface area contributed by atoms with Gasteiger partial charge in [-0.3, -0.25) is 4.79 Å². The maximum atomic E-state index is 12.2. The van der Waals surface area contributed by atoms with Gasteiger partial charge in [0.05, 0.1) is 31.3 Å². The number of aliphatic carboxylic acids is 1. The lowest BCUT2D eigenvalue weighted by molar-refractivity contribution is -0.141. The number of esters is 2. The number of carbonyl (C=O) groups excluding carboxylic acids is 3. The van der Waals surface area contributed by atoms with Gasteiger partial charge in [0.2, 0.25) is 0 Å². The second kappa shape index (κ2) is 8.67. The minimum atomic E-state index is -1.03. The monoisotopic (exact) mass is 352 g/mol. The fourth-order valence-electron chi connectivity index (χ4n) is 1.96. The molecule has 1 aromatic rings. The van der Waals surface area contributed by atoms with E-state index >= 15 is 0 Å². The van der Waals surface area contributed by atoms with Crippen LogP contribution in [0, 0.1) is 5.92 Å². The average molecular weight is 352 g/mol. The van der Waals surface area contributed by atoms with Crippen LogP contribution in [-0.4, -0.2) is 61.8 Å². The highest BCUT2D eigenvalue weighted by atomic mass is 16.5. The number of hydrogen-bond donors (Lipinski definition) is 2. The molecule has 0 aliphatic carbocycles. The van der Waals surface area contributed by atoms with Crippen LogP contribution in [0.5, 0.6) is 0 Å². The van der Waals surface area contributed by atoms with E-state index in [1.807, 2.05) is 0 Å². The van der Waals surface area contributed by atoms with Gasteiger partial charge in [-0.2, -0.15) is 0 Å². The van der Waals surface area contributed by atoms with Crippen LogP contribution in [0.3, 0.4) is 0 Å². The summed E-state index contributed by atoms with van der Waals surface area (Å²) >= 11 is 0. The van der Waals surface area contributed by atoms with Crippen LogP contribution in [-0.2, 0) is 14.3 Å². The molecule has 0 spiro atoms. The van der Waals surface area contributed by atoms with E-state index < -0.39 is 29.9 Å². The second-order valence-corrected chi connectivity index (χ2v) is 5.33. The highest BCUT2D eigenvalue weighted by Crippen LogP contribution is 2.17. The van der Waals surface area contributed by atoms with Crippen molar-refractivity contribution >= 4 is 29.6 Å². The normalized spacial score (nSPS) is 11.2. The topological polar surface area (TPSA) is 122 Å². The molecule has 0 aromatic heterocycles. The molecule has 0 radical (unpaired) electrons. The fourth-order valence-corrected chi connectivity index (χ4v) is 1.96. The van der Waals surface area contributed by atoms with Crippen molar-refractivity contribution in [2.45, 2.75) is 6.92 Å². The smallest absolute Gasteiger partial charge is 0.337 e. The molecule has 2 N–H and O–H groups in total. The molecule has 0 aliphatic heterocycles. The molecular weight excluding hydrogens is 332 g/mol. The molecule has 25 heavy (non-hydrogen) atoms. The van der Waals surface area contributed by atoms with Gasteiger partial charge >= 0.3 is 23.9 Å². The van der Waals surface area contributed by atoms with E-state index in [2.05, 4.69) is 14.8 Å². The van der Waals surface area contributed by atoms with Crippen molar-refractivity contribution < 1.29 is 33.8 Å². The first-order valence-corrected chi connectivity index (χ1v) is 7.26. The number of hydrogen-bond acceptors (Lipinski definition) is 6. The Hall–Kier alpha value is -3.10. The molecular formula is C16H20N2O7. The largest absolute Gasteiger partial charge is 0.481 e. The summed E-state index contributed by atoms with van der Waals surface area (Å²) in [7, 11) is 3.80. The predicted molar refractivity (Wildman–Crippen MR) is 87.6 cm³/mol. The molecule has 1 rings (SSSR count). The van der Waals surface area contributed by atoms with Gasteiger partial charge in [0, 0.05) is 19.3 Å². The number of carbonyl (C=O) groups is 4. The average Bonchev–Trinajstić information content (AvgIpc) is 2.59. The van der Waals surface area contributed by atoms with Gasteiger partial charge in [0.1, 0.15) is 0 Å². The summed E-state index contributed by atoms with van der Waals surface area (Å²) in [5.41, 5.74) is 0.285. The number of nitrogens with zero attached hydrogens (tertiary/aromatic N) is 1. The molecule has 2 amide bonds. The Labute approximate surface area is 144 Å². The Morgan fingerprint density at radius 2 is 1.56 bits per heavy atom. The summed E-state index contributed by atoms with van der Waals surface area (Å²) in [6, 6.07) is 3.37. The molecule has 0 saturated heterocycles. The fraction of sp³-hybridized carbons (Fsp3) is 0.375. The summed E-state index contributed by atoms with van der Waals surface area (Å²) < 4.78 is 9.22. The number of urea groups is 1. The zero-order valence-electron chi connectivity index (χ0n) is 14.4. The van der Waals surface area contributed by atoms with E-state index in [4.69, 9.17) is 5.11 Å². The quantitative estimate of drug-likeness (QED) is 0.743. The van der Waals surface area contributed by atoms with Crippen molar-refractivity contribution in [1.29, 1.82) is 0 Å². The first-order chi connectivity index (χ1) is 11.7. The first kappa shape index (κ1) is 19.9. The Balaban J connectivity index is 3.03. The minimum Gasteiger partial charge on any atom is -0.481 e. The molecule has 0 heterocycles. The molecule has 9 nitrogen and oxygen atoms in total. The van der Waals surface area contributed by atoms with Gasteiger partial charge in [0.25, 0.3) is 0 Å². The van der Waals surface area contributed by atoms with Gasteiger partial charge in [0.15, 0.2) is 0 Å². The second-order valence-electron chi connectivity index (χ2n) is 5.33. The Morgan fingerprint density at radius 1 is 1.08 bits per heavy atom. The van der Waals surface area contributed by atoms with E-state index in [1.165, 1.54) is 51.3 Å². The zero-order chi connectivity index (χ0) is 19.1. The molecule has 0 saturated carbocycles. The molecule has 1 unspecified atom stereocenters. The van der Waals surface area contributed by atoms with Gasteiger partial charge in [-0.15, -0.1) is 0 Å². The van der Waals surface area contributed by atoms with Crippen LogP contribution in [0.25, 0.3) is 0 Å². The van der Waals surface area contributed by atoms with Crippen molar-refractivity contribution in [1.82, 2.24) is 4.90 Å². The number of methoxy groups -OCH3 is 2. The number of amides is 2. The summed E-state index contributed by atoms with van der Waals surface area (Å²) in [6.45, 7) is 1.46. The number of rotatable bonds is 6. The maximum absolute atomic E-state index is 12.2. The van der Waals surface area contributed by atoms with E-state index in [0.29, 0.717) is 0 Å². The minimum absolute atomic E-state index is 0.0122. The summed E-state index contributed by atoms with van der Waals surface area (Å²) in [6.07, 6.45) is 0. The maximum Gasteiger partial charge on any atom is 0.337 e. The standard InChI is InChI=1S/C16H20N2O7/c1-9(13(19)20)8-18(2)16(23)17-12-6-10(14(21)24-3)5-11(7-12)15(22)25-4/h5-7,9H,8H2,1-4H3,(H,17,23)(H,19,20). The van der Waals surface area contributed by atoms with Crippen molar-refractivity contribution in [2.75, 3.05) is 33.1 Å². The molecule has 0 bridgehead atoms. The van der Waals surface area contributed by atoms with E-state index in [0.717, 1.165) is 0 Å². The third-order valence-electron chi connectivity index (χ3n) is 3.34. The highest BCUT2D eigenvalue weighted by Gasteiger charge is 2.19. The third kappa shape index (κ3) is 5.48. The number of ether oxygens (including phenoxy) is 2. The summed E-state index contributed by atoms with van der Waals surface area (Å²) in [4.78, 5) is 47.6. The molecule has 9 heteroatoms. The lowest BCUT2D eigenvalue weighted by atomic mass is 10.1. The van der Waals surface area contributed by atoms with Crippen LogP contribution in [0.2, 0.25) is 0 Å². The van der Waals surface area contributed by atoms with Crippen LogP contribution in [0.1, 0.15) is 27.6 Å². The van der Waals surface area contributed by atoms with Crippen LogP contribution in [0.15, 0.2) is 18.2 Å². The van der Waals surface area contributed by atoms with E-state index in [1.54, 1.807) is 0 Å². The number of benzene rings is 1. The molecule has 1 atom stereocenters. The van der Waals surface area contributed by atoms with Crippen LogP contribution in [0.4, 0.5) is 10.5 Å². The summed E-state index contributed by atoms with van der Waals surface area (Å²) in [5, 5.41) is 11.4. The van der Waals surface area contributed by atoms with Crippen molar-refractivity contribution in [2.24, 2.45) is 5.92 Å². The molecule has 1 aromatic carbocycles. The van der Waals surface area contributed by atoms with Gasteiger partial charge in [-0.1, -0.05) is 6.92 Å². The van der Waals surface area contributed by atoms with Crippen molar-refractivity contribution in [3.8, 4) is 0 Å². The van der Waals surface area contributed by atoms with Gasteiger partial charge < -0.3 is 24.8 Å². The van der Waals surface area contributed by atoms with E-state index in [9.17, 15) is 19.2 Å².